The lowest BCUT2D eigenvalue weighted by molar-refractivity contribution is 0.0943. The minimum Gasteiger partial charge on any atom is -0.364 e. The summed E-state index contributed by atoms with van der Waals surface area (Å²) in [6, 6.07) is 14.2. The van der Waals surface area contributed by atoms with Crippen LogP contribution < -0.4 is 11.1 Å². The van der Waals surface area contributed by atoms with Crippen LogP contribution in [0.15, 0.2) is 81.4 Å². The molecule has 9 nitrogen and oxygen atoms in total. The van der Waals surface area contributed by atoms with Gasteiger partial charge in [-0.3, -0.25) is 9.48 Å². The first-order chi connectivity index (χ1) is 17.0. The number of rotatable bonds is 6. The van der Waals surface area contributed by atoms with Gasteiger partial charge in [0.2, 0.25) is 0 Å². The molecule has 1 aliphatic heterocycles. The lowest BCUT2D eigenvalue weighted by atomic mass is 10.1. The SMILES string of the molecule is NC1N=C(c2cc(-c3ccon3)n(Cc3ccccc3F)n2)N=CC1NC(=O)c1ccc(F)cc1. The van der Waals surface area contributed by atoms with Crippen molar-refractivity contribution in [3.63, 3.8) is 0 Å². The van der Waals surface area contributed by atoms with Crippen LogP contribution in [0.5, 0.6) is 0 Å². The summed E-state index contributed by atoms with van der Waals surface area (Å²) in [6.07, 6.45) is 2.06. The summed E-state index contributed by atoms with van der Waals surface area (Å²) >= 11 is 0. The summed E-state index contributed by atoms with van der Waals surface area (Å²) in [6.45, 7) is 0.147. The molecule has 0 bridgehead atoms. The number of nitrogens with one attached hydrogen (secondary N) is 1. The molecule has 0 aliphatic carbocycles. The molecule has 1 amide bonds. The van der Waals surface area contributed by atoms with Crippen molar-refractivity contribution in [3.8, 4) is 11.4 Å². The molecule has 2 aromatic carbocycles. The maximum atomic E-state index is 14.3. The first kappa shape index (κ1) is 22.3. The summed E-state index contributed by atoms with van der Waals surface area (Å²) < 4.78 is 33.9. The monoisotopic (exact) mass is 475 g/mol. The smallest absolute Gasteiger partial charge is 0.251 e. The van der Waals surface area contributed by atoms with Crippen LogP contribution >= 0.6 is 0 Å². The summed E-state index contributed by atoms with van der Waals surface area (Å²) in [4.78, 5) is 21.2. The van der Waals surface area contributed by atoms with Gasteiger partial charge in [0.15, 0.2) is 5.84 Å². The second-order valence-electron chi connectivity index (χ2n) is 7.78. The Labute approximate surface area is 198 Å². The molecule has 0 fully saturated rings. The van der Waals surface area contributed by atoms with Crippen LogP contribution in [0.2, 0.25) is 0 Å². The van der Waals surface area contributed by atoms with Crippen LogP contribution in [0.4, 0.5) is 8.78 Å². The van der Waals surface area contributed by atoms with E-state index in [1.54, 1.807) is 35.0 Å². The number of aromatic nitrogens is 3. The van der Waals surface area contributed by atoms with Crippen LogP contribution in [0.1, 0.15) is 21.6 Å². The molecular formula is C24H19F2N7O2. The van der Waals surface area contributed by atoms with E-state index in [1.165, 1.54) is 42.8 Å². The summed E-state index contributed by atoms with van der Waals surface area (Å²) in [5.74, 6) is -0.976. The molecule has 0 spiro atoms. The highest BCUT2D eigenvalue weighted by atomic mass is 19.1. The Hall–Kier alpha value is -4.51. The van der Waals surface area contributed by atoms with E-state index in [0.29, 0.717) is 22.6 Å². The minimum atomic E-state index is -0.834. The molecule has 0 saturated heterocycles. The normalized spacial score (nSPS) is 17.3. The van der Waals surface area contributed by atoms with E-state index >= 15 is 0 Å². The van der Waals surface area contributed by atoms with E-state index in [-0.39, 0.29) is 23.8 Å². The van der Waals surface area contributed by atoms with E-state index in [4.69, 9.17) is 10.3 Å². The third kappa shape index (κ3) is 4.75. The zero-order valence-corrected chi connectivity index (χ0v) is 18.2. The molecule has 2 atom stereocenters. The van der Waals surface area contributed by atoms with E-state index in [2.05, 4.69) is 25.6 Å². The Morgan fingerprint density at radius 3 is 2.60 bits per heavy atom. The van der Waals surface area contributed by atoms with Crippen molar-refractivity contribution in [2.75, 3.05) is 0 Å². The minimum absolute atomic E-state index is 0.147. The zero-order chi connectivity index (χ0) is 24.4. The number of halogens is 2. The first-order valence-electron chi connectivity index (χ1n) is 10.6. The highest BCUT2D eigenvalue weighted by Gasteiger charge is 2.25. The third-order valence-electron chi connectivity index (χ3n) is 5.39. The first-order valence-corrected chi connectivity index (χ1v) is 10.6. The van der Waals surface area contributed by atoms with Crippen molar-refractivity contribution < 1.29 is 18.1 Å². The molecule has 0 radical (unpaired) electrons. The van der Waals surface area contributed by atoms with Crippen LogP contribution in [0, 0.1) is 11.6 Å². The van der Waals surface area contributed by atoms with E-state index < -0.39 is 23.9 Å². The lowest BCUT2D eigenvalue weighted by Crippen LogP contribution is -2.49. The van der Waals surface area contributed by atoms with Gasteiger partial charge in [0.1, 0.15) is 35.5 Å². The van der Waals surface area contributed by atoms with Gasteiger partial charge in [-0.25, -0.2) is 18.8 Å². The number of hydrogen-bond acceptors (Lipinski definition) is 7. The molecule has 5 rings (SSSR count). The maximum absolute atomic E-state index is 14.3. The number of amidine groups is 1. The van der Waals surface area contributed by atoms with Crippen molar-refractivity contribution in [3.05, 3.63) is 95.4 Å². The molecule has 4 aromatic rings. The second-order valence-corrected chi connectivity index (χ2v) is 7.78. The van der Waals surface area contributed by atoms with Gasteiger partial charge < -0.3 is 15.6 Å². The van der Waals surface area contributed by atoms with Crippen molar-refractivity contribution in [1.82, 2.24) is 20.3 Å². The fraction of sp³-hybridized carbons (Fsp3) is 0.125. The van der Waals surface area contributed by atoms with Crippen molar-refractivity contribution in [2.24, 2.45) is 15.7 Å². The van der Waals surface area contributed by atoms with Gasteiger partial charge in [-0.2, -0.15) is 5.10 Å². The van der Waals surface area contributed by atoms with E-state index in [9.17, 15) is 13.6 Å². The predicted octanol–water partition coefficient (Wildman–Crippen LogP) is 2.78. The number of nitrogens with zero attached hydrogens (tertiary/aromatic N) is 5. The molecule has 3 N–H and O–H groups in total. The average Bonchev–Trinajstić information content (AvgIpc) is 3.52. The number of carbonyl (C=O) groups is 1. The Morgan fingerprint density at radius 1 is 1.09 bits per heavy atom. The van der Waals surface area contributed by atoms with Gasteiger partial charge in [0, 0.05) is 23.4 Å². The molecule has 35 heavy (non-hydrogen) atoms. The maximum Gasteiger partial charge on any atom is 0.251 e. The standard InChI is InChI=1S/C24H19F2N7O2/c25-16-7-5-14(6-8-16)24(34)29-20-12-28-23(30-22(20)27)19-11-21(18-9-10-35-32-18)33(31-19)13-15-3-1-2-4-17(15)26/h1-12,20,22H,13,27H2,(H,29,34). The lowest BCUT2D eigenvalue weighted by Gasteiger charge is -2.22. The van der Waals surface area contributed by atoms with Gasteiger partial charge in [-0.05, 0) is 36.4 Å². The zero-order valence-electron chi connectivity index (χ0n) is 18.2. The van der Waals surface area contributed by atoms with E-state index in [0.717, 1.165) is 0 Å². The largest absolute Gasteiger partial charge is 0.364 e. The molecule has 2 aromatic heterocycles. The highest BCUT2D eigenvalue weighted by molar-refractivity contribution is 6.05. The van der Waals surface area contributed by atoms with E-state index in [1.807, 2.05) is 0 Å². The molecule has 11 heteroatoms. The summed E-state index contributed by atoms with van der Waals surface area (Å²) in [5, 5.41) is 11.2. The predicted molar refractivity (Wildman–Crippen MR) is 124 cm³/mol. The number of benzene rings is 2. The fourth-order valence-corrected chi connectivity index (χ4v) is 3.57. The van der Waals surface area contributed by atoms with Crippen molar-refractivity contribution >= 4 is 18.0 Å². The average molecular weight is 475 g/mol. The topological polar surface area (TPSA) is 124 Å². The van der Waals surface area contributed by atoms with Crippen LogP contribution in [-0.2, 0) is 6.54 Å². The number of aliphatic imine (C=N–C) groups is 2. The number of amides is 1. The summed E-state index contributed by atoms with van der Waals surface area (Å²) in [7, 11) is 0. The third-order valence-corrected chi connectivity index (χ3v) is 5.39. The molecule has 2 unspecified atom stereocenters. The Morgan fingerprint density at radius 2 is 1.89 bits per heavy atom. The molecule has 1 aliphatic rings. The van der Waals surface area contributed by atoms with Crippen molar-refractivity contribution in [1.29, 1.82) is 0 Å². The Kier molecular flexibility index (Phi) is 5.98. The number of hydrogen-bond donors (Lipinski definition) is 2. The van der Waals surface area contributed by atoms with Gasteiger partial charge >= 0.3 is 0 Å². The Bertz CT molecular complexity index is 1410. The summed E-state index contributed by atoms with van der Waals surface area (Å²) in [5.41, 5.74) is 8.39. The quantitative estimate of drug-likeness (QED) is 0.444. The number of nitrogens with two attached hydrogens (primary N) is 1. The molecule has 0 saturated carbocycles. The van der Waals surface area contributed by atoms with Crippen LogP contribution in [-0.4, -0.2) is 45.1 Å². The van der Waals surface area contributed by atoms with Gasteiger partial charge in [-0.1, -0.05) is 23.4 Å². The highest BCUT2D eigenvalue weighted by Crippen LogP contribution is 2.22. The van der Waals surface area contributed by atoms with Crippen molar-refractivity contribution in [2.45, 2.75) is 18.8 Å². The fourth-order valence-electron chi connectivity index (χ4n) is 3.57. The van der Waals surface area contributed by atoms with Gasteiger partial charge in [-0.15, -0.1) is 0 Å². The second kappa shape index (κ2) is 9.39. The molecule has 176 valence electrons. The van der Waals surface area contributed by atoms with Gasteiger partial charge in [0.05, 0.1) is 18.3 Å². The molecular weight excluding hydrogens is 456 g/mol. The Balaban J connectivity index is 1.38. The van der Waals surface area contributed by atoms with Crippen LogP contribution in [0.3, 0.4) is 0 Å². The van der Waals surface area contributed by atoms with Crippen LogP contribution in [0.25, 0.3) is 11.4 Å². The number of carbonyl (C=O) groups excluding carboxylic acids is 1. The van der Waals surface area contributed by atoms with Gasteiger partial charge in [0.25, 0.3) is 5.91 Å². The molecule has 3 heterocycles.